The van der Waals surface area contributed by atoms with Crippen LogP contribution < -0.4 is 5.73 Å². The Balaban J connectivity index is 1.90. The Morgan fingerprint density at radius 3 is 2.59 bits per heavy atom. The standard InChI is InChI=1S/C12H20N4O/c13-7-11-8-15(10-14-11)9-12(17)16-5-3-1-2-4-6-16/h8,10H,1-7,9,13H2. The van der Waals surface area contributed by atoms with Gasteiger partial charge in [0.25, 0.3) is 0 Å². The predicted octanol–water partition coefficient (Wildman–Crippen LogP) is 0.744. The highest BCUT2D eigenvalue weighted by Gasteiger charge is 2.15. The Labute approximate surface area is 102 Å². The molecular weight excluding hydrogens is 216 g/mol. The van der Waals surface area contributed by atoms with E-state index in [1.165, 1.54) is 12.8 Å². The van der Waals surface area contributed by atoms with Crippen LogP contribution in [0.4, 0.5) is 0 Å². The minimum atomic E-state index is 0.188. The second-order valence-electron chi connectivity index (χ2n) is 4.54. The lowest BCUT2D eigenvalue weighted by molar-refractivity contribution is -0.131. The molecule has 0 radical (unpaired) electrons. The van der Waals surface area contributed by atoms with Crippen molar-refractivity contribution in [3.8, 4) is 0 Å². The average Bonchev–Trinajstić information content (AvgIpc) is 2.62. The van der Waals surface area contributed by atoms with Gasteiger partial charge in [-0.05, 0) is 12.8 Å². The number of carbonyl (C=O) groups excluding carboxylic acids is 1. The molecule has 1 aliphatic heterocycles. The molecule has 0 aliphatic carbocycles. The topological polar surface area (TPSA) is 64.2 Å². The van der Waals surface area contributed by atoms with E-state index in [2.05, 4.69) is 4.98 Å². The molecule has 1 aliphatic rings. The molecule has 0 bridgehead atoms. The van der Waals surface area contributed by atoms with Crippen molar-refractivity contribution in [1.29, 1.82) is 0 Å². The number of nitrogens with two attached hydrogens (primary N) is 1. The van der Waals surface area contributed by atoms with Crippen LogP contribution in [-0.4, -0.2) is 33.4 Å². The van der Waals surface area contributed by atoms with E-state index < -0.39 is 0 Å². The van der Waals surface area contributed by atoms with Crippen LogP contribution in [0.1, 0.15) is 31.4 Å². The van der Waals surface area contributed by atoms with Crippen molar-refractivity contribution in [2.24, 2.45) is 5.73 Å². The maximum atomic E-state index is 12.1. The van der Waals surface area contributed by atoms with E-state index in [4.69, 9.17) is 5.73 Å². The van der Waals surface area contributed by atoms with Gasteiger partial charge >= 0.3 is 0 Å². The van der Waals surface area contributed by atoms with Gasteiger partial charge in [0.1, 0.15) is 6.54 Å². The molecule has 1 saturated heterocycles. The van der Waals surface area contributed by atoms with Crippen LogP contribution in [0.2, 0.25) is 0 Å². The molecule has 0 saturated carbocycles. The summed E-state index contributed by atoms with van der Waals surface area (Å²) in [5.41, 5.74) is 6.31. The van der Waals surface area contributed by atoms with Crippen LogP contribution in [-0.2, 0) is 17.9 Å². The summed E-state index contributed by atoms with van der Waals surface area (Å²) in [4.78, 5) is 18.1. The van der Waals surface area contributed by atoms with Crippen LogP contribution in [0.15, 0.2) is 12.5 Å². The number of amides is 1. The summed E-state index contributed by atoms with van der Waals surface area (Å²) in [6.45, 7) is 2.60. The third kappa shape index (κ3) is 3.30. The third-order valence-corrected chi connectivity index (χ3v) is 3.17. The molecule has 1 aromatic rings. The van der Waals surface area contributed by atoms with Crippen LogP contribution in [0.25, 0.3) is 0 Å². The van der Waals surface area contributed by atoms with E-state index in [1.807, 2.05) is 15.7 Å². The van der Waals surface area contributed by atoms with Crippen LogP contribution in [0.3, 0.4) is 0 Å². The van der Waals surface area contributed by atoms with Crippen LogP contribution in [0, 0.1) is 0 Å². The highest BCUT2D eigenvalue weighted by atomic mass is 16.2. The van der Waals surface area contributed by atoms with Crippen LogP contribution >= 0.6 is 0 Å². The minimum absolute atomic E-state index is 0.188. The second-order valence-corrected chi connectivity index (χ2v) is 4.54. The largest absolute Gasteiger partial charge is 0.341 e. The van der Waals surface area contributed by atoms with Gasteiger partial charge < -0.3 is 15.2 Å². The van der Waals surface area contributed by atoms with E-state index in [0.717, 1.165) is 31.6 Å². The Hall–Kier alpha value is -1.36. The molecule has 94 valence electrons. The van der Waals surface area contributed by atoms with Crippen molar-refractivity contribution < 1.29 is 4.79 Å². The minimum Gasteiger partial charge on any atom is -0.341 e. The molecule has 0 spiro atoms. The Bertz CT molecular complexity index is 366. The number of rotatable bonds is 3. The number of imidazole rings is 1. The molecule has 1 amide bonds. The maximum Gasteiger partial charge on any atom is 0.242 e. The van der Waals surface area contributed by atoms with Crippen molar-refractivity contribution >= 4 is 5.91 Å². The fraction of sp³-hybridized carbons (Fsp3) is 0.667. The van der Waals surface area contributed by atoms with Crippen molar-refractivity contribution in [3.63, 3.8) is 0 Å². The van der Waals surface area contributed by atoms with Gasteiger partial charge in [-0.3, -0.25) is 4.79 Å². The maximum absolute atomic E-state index is 12.1. The van der Waals surface area contributed by atoms with Crippen molar-refractivity contribution in [2.75, 3.05) is 13.1 Å². The average molecular weight is 236 g/mol. The normalized spacial score (nSPS) is 16.9. The lowest BCUT2D eigenvalue weighted by Crippen LogP contribution is -2.34. The lowest BCUT2D eigenvalue weighted by Gasteiger charge is -2.20. The number of hydrogen-bond acceptors (Lipinski definition) is 3. The Kier molecular flexibility index (Phi) is 4.14. The molecule has 5 nitrogen and oxygen atoms in total. The number of hydrogen-bond donors (Lipinski definition) is 1. The van der Waals surface area contributed by atoms with Gasteiger partial charge in [0.05, 0.1) is 12.0 Å². The smallest absolute Gasteiger partial charge is 0.242 e. The monoisotopic (exact) mass is 236 g/mol. The first-order valence-electron chi connectivity index (χ1n) is 6.28. The Morgan fingerprint density at radius 1 is 1.29 bits per heavy atom. The van der Waals surface area contributed by atoms with Gasteiger partial charge in [0.15, 0.2) is 0 Å². The van der Waals surface area contributed by atoms with Gasteiger partial charge in [0.2, 0.25) is 5.91 Å². The zero-order valence-corrected chi connectivity index (χ0v) is 10.1. The van der Waals surface area contributed by atoms with Crippen molar-refractivity contribution in [1.82, 2.24) is 14.5 Å². The second kappa shape index (κ2) is 5.82. The molecule has 0 atom stereocenters. The van der Waals surface area contributed by atoms with E-state index in [9.17, 15) is 4.79 Å². The summed E-state index contributed by atoms with van der Waals surface area (Å²) >= 11 is 0. The zero-order chi connectivity index (χ0) is 12.1. The summed E-state index contributed by atoms with van der Waals surface area (Å²) in [7, 11) is 0. The first-order chi connectivity index (χ1) is 8.29. The first-order valence-corrected chi connectivity index (χ1v) is 6.28. The summed E-state index contributed by atoms with van der Waals surface area (Å²) in [6, 6.07) is 0. The zero-order valence-electron chi connectivity index (χ0n) is 10.1. The Morgan fingerprint density at radius 2 is 2.00 bits per heavy atom. The molecule has 0 unspecified atom stereocenters. The number of carbonyl (C=O) groups is 1. The van der Waals surface area contributed by atoms with Crippen molar-refractivity contribution in [2.45, 2.75) is 38.8 Å². The number of nitrogens with zero attached hydrogens (tertiary/aromatic N) is 3. The summed E-state index contributed by atoms with van der Waals surface area (Å²) in [5, 5.41) is 0. The molecule has 17 heavy (non-hydrogen) atoms. The quantitative estimate of drug-likeness (QED) is 0.842. The molecule has 1 fully saturated rings. The van der Waals surface area contributed by atoms with Gasteiger partial charge in [-0.15, -0.1) is 0 Å². The SMILES string of the molecule is NCc1cn(CC(=O)N2CCCCCC2)cn1. The number of likely N-dealkylation sites (tertiary alicyclic amines) is 1. The van der Waals surface area contributed by atoms with Gasteiger partial charge in [0, 0.05) is 25.8 Å². The fourth-order valence-corrected chi connectivity index (χ4v) is 2.17. The van der Waals surface area contributed by atoms with Crippen molar-refractivity contribution in [3.05, 3.63) is 18.2 Å². The fourth-order valence-electron chi connectivity index (χ4n) is 2.17. The molecule has 2 N–H and O–H groups in total. The van der Waals surface area contributed by atoms with E-state index in [0.29, 0.717) is 13.1 Å². The molecule has 1 aromatic heterocycles. The summed E-state index contributed by atoms with van der Waals surface area (Å²) < 4.78 is 1.81. The predicted molar refractivity (Wildman–Crippen MR) is 65.2 cm³/mol. The van der Waals surface area contributed by atoms with E-state index in [-0.39, 0.29) is 5.91 Å². The summed E-state index contributed by atoms with van der Waals surface area (Å²) in [6.07, 6.45) is 8.26. The molecule has 0 aromatic carbocycles. The third-order valence-electron chi connectivity index (χ3n) is 3.17. The lowest BCUT2D eigenvalue weighted by atomic mass is 10.2. The van der Waals surface area contributed by atoms with Crippen LogP contribution in [0.5, 0.6) is 0 Å². The van der Waals surface area contributed by atoms with Gasteiger partial charge in [-0.2, -0.15) is 0 Å². The van der Waals surface area contributed by atoms with E-state index in [1.54, 1.807) is 6.33 Å². The number of aromatic nitrogens is 2. The summed E-state index contributed by atoms with van der Waals surface area (Å²) in [5.74, 6) is 0.188. The molecule has 5 heteroatoms. The highest BCUT2D eigenvalue weighted by Crippen LogP contribution is 2.10. The molecular formula is C12H20N4O. The molecule has 2 heterocycles. The highest BCUT2D eigenvalue weighted by molar-refractivity contribution is 5.76. The van der Waals surface area contributed by atoms with Gasteiger partial charge in [-0.1, -0.05) is 12.8 Å². The first kappa shape index (κ1) is 12.1. The van der Waals surface area contributed by atoms with Gasteiger partial charge in [-0.25, -0.2) is 4.98 Å². The molecule has 2 rings (SSSR count). The van der Waals surface area contributed by atoms with E-state index >= 15 is 0 Å².